The van der Waals surface area contributed by atoms with E-state index in [-0.39, 0.29) is 6.04 Å². The molecule has 1 aromatic heterocycles. The molecule has 4 aromatic rings. The lowest BCUT2D eigenvalue weighted by Crippen LogP contribution is -2.41. The summed E-state index contributed by atoms with van der Waals surface area (Å²) in [5.41, 5.74) is 27.4. The fraction of sp³-hybridized carbons (Fsp3) is 0.357. The molecule has 0 fully saturated rings. The fourth-order valence-electron chi connectivity index (χ4n) is 6.78. The Morgan fingerprint density at radius 3 is 2.12 bits per heavy atom. The Hall–Kier alpha value is -5.47. The van der Waals surface area contributed by atoms with E-state index in [1.807, 2.05) is 50.5 Å². The Morgan fingerprint density at radius 1 is 0.760 bits per heavy atom. The van der Waals surface area contributed by atoms with E-state index in [9.17, 15) is 0 Å². The lowest BCUT2D eigenvalue weighted by Gasteiger charge is -2.35. The topological polar surface area (TPSA) is 108 Å². The van der Waals surface area contributed by atoms with Crippen molar-refractivity contribution in [1.82, 2.24) is 10.3 Å². The van der Waals surface area contributed by atoms with Crippen molar-refractivity contribution < 1.29 is 4.57 Å². The van der Waals surface area contributed by atoms with E-state index in [2.05, 4.69) is 83.7 Å². The number of unbranched alkanes of at least 4 members (excludes halogenated alkanes) is 5. The monoisotopic (exact) mass is 665 g/mol. The average molecular weight is 666 g/mol. The Balaban J connectivity index is 0.967. The number of anilines is 4. The summed E-state index contributed by atoms with van der Waals surface area (Å²) in [6.07, 6.45) is 11.6. The number of nitrogens with zero attached hydrogens (tertiary/aromatic N) is 4. The SMILES string of the molecule is CC#CN1c2cc(N)c(C)cc2N=C2C=C(C)C(NCCCCCCCCNc3cc4c(cc3C)nc3cc(C)c(N)cc3[n+]4C#CC)=CC21. The number of nitrogens with one attached hydrogen (secondary N) is 2. The quantitative estimate of drug-likeness (QED) is 0.0430. The van der Waals surface area contributed by atoms with Gasteiger partial charge in [-0.3, -0.25) is 4.90 Å². The molecule has 8 heteroatoms. The first-order valence-corrected chi connectivity index (χ1v) is 17.8. The molecule has 0 saturated carbocycles. The number of allylic oxidation sites excluding steroid dienone is 1. The van der Waals surface area contributed by atoms with Crippen LogP contribution < -0.4 is 31.6 Å². The van der Waals surface area contributed by atoms with Gasteiger partial charge in [0.05, 0.1) is 17.1 Å². The first kappa shape index (κ1) is 34.4. The maximum absolute atomic E-state index is 6.26. The molecular weight excluding hydrogens is 617 g/mol. The van der Waals surface area contributed by atoms with E-state index in [1.165, 1.54) is 36.8 Å². The molecule has 2 aliphatic rings. The third-order valence-electron chi connectivity index (χ3n) is 9.67. The molecule has 1 aliphatic carbocycles. The molecule has 1 aliphatic heterocycles. The molecule has 0 bridgehead atoms. The third-order valence-corrected chi connectivity index (χ3v) is 9.67. The van der Waals surface area contributed by atoms with Crippen molar-refractivity contribution in [2.24, 2.45) is 4.99 Å². The van der Waals surface area contributed by atoms with Crippen molar-refractivity contribution in [3.8, 4) is 23.9 Å². The van der Waals surface area contributed by atoms with Crippen molar-refractivity contribution in [3.63, 3.8) is 0 Å². The lowest BCUT2D eigenvalue weighted by molar-refractivity contribution is -0.525. The fourth-order valence-corrected chi connectivity index (χ4v) is 6.78. The summed E-state index contributed by atoms with van der Waals surface area (Å²) in [5, 5.41) is 7.37. The van der Waals surface area contributed by atoms with Gasteiger partial charge in [-0.05, 0) is 112 Å². The number of hydrogen-bond acceptors (Lipinski definition) is 7. The van der Waals surface area contributed by atoms with Crippen LogP contribution in [0.15, 0.2) is 64.8 Å². The summed E-state index contributed by atoms with van der Waals surface area (Å²) < 4.78 is 2.02. The van der Waals surface area contributed by atoms with Crippen LogP contribution in [0.2, 0.25) is 0 Å². The Labute approximate surface area is 296 Å². The molecule has 3 aromatic carbocycles. The van der Waals surface area contributed by atoms with E-state index in [1.54, 1.807) is 0 Å². The van der Waals surface area contributed by atoms with E-state index < -0.39 is 0 Å². The second kappa shape index (κ2) is 15.0. The van der Waals surface area contributed by atoms with Crippen molar-refractivity contribution in [2.75, 3.05) is 34.8 Å². The summed E-state index contributed by atoms with van der Waals surface area (Å²) in [6, 6.07) is 18.9. The van der Waals surface area contributed by atoms with Crippen LogP contribution in [-0.4, -0.2) is 29.8 Å². The number of fused-ring (bicyclic) bond motifs is 4. The highest BCUT2D eigenvalue weighted by atomic mass is 15.2. The summed E-state index contributed by atoms with van der Waals surface area (Å²) >= 11 is 0. The van der Waals surface area contributed by atoms with Crippen molar-refractivity contribution >= 4 is 56.2 Å². The van der Waals surface area contributed by atoms with Crippen molar-refractivity contribution in [2.45, 2.75) is 86.1 Å². The minimum absolute atomic E-state index is 0.0404. The number of aryl methyl sites for hydroxylation is 3. The van der Waals surface area contributed by atoms with Crippen LogP contribution in [-0.2, 0) is 0 Å². The van der Waals surface area contributed by atoms with Crippen LogP contribution in [0.25, 0.3) is 22.1 Å². The van der Waals surface area contributed by atoms with Crippen LogP contribution >= 0.6 is 0 Å². The maximum atomic E-state index is 6.26. The largest absolute Gasteiger partial charge is 0.398 e. The molecule has 6 rings (SSSR count). The molecule has 2 heterocycles. The number of nitrogen functional groups attached to an aromatic ring is 2. The second-order valence-electron chi connectivity index (χ2n) is 13.5. The van der Waals surface area contributed by atoms with Gasteiger partial charge in [0.15, 0.2) is 0 Å². The normalized spacial score (nSPS) is 14.8. The molecule has 1 atom stereocenters. The van der Waals surface area contributed by atoms with Gasteiger partial charge in [-0.1, -0.05) is 36.2 Å². The first-order valence-electron chi connectivity index (χ1n) is 17.8. The molecular formula is C42H49N8+. The van der Waals surface area contributed by atoms with Gasteiger partial charge in [0, 0.05) is 60.9 Å². The molecule has 1 unspecified atom stereocenters. The van der Waals surface area contributed by atoms with Gasteiger partial charge in [0.25, 0.3) is 0 Å². The summed E-state index contributed by atoms with van der Waals surface area (Å²) in [6.45, 7) is 13.9. The van der Waals surface area contributed by atoms with Crippen LogP contribution in [0.3, 0.4) is 0 Å². The Morgan fingerprint density at radius 2 is 1.40 bits per heavy atom. The standard InChI is InChI=1S/C42H48N8/c1-7-17-49-39-23-31(43)27(3)19-35(39)47-37-21-29(5)33(25-41(37)49)45-15-13-11-9-10-12-14-16-46-34-26-42-38(22-30(34)6)48-36-20-28(4)32(44)24-40(36)50(42)18-8-2/h19-26,41,45H,9-16,43H2,1-6H3,(H2,44,46)/p+1. The third kappa shape index (κ3) is 7.12. The smallest absolute Gasteiger partial charge is 0.249 e. The zero-order valence-electron chi connectivity index (χ0n) is 30.3. The number of aromatic nitrogens is 2. The highest BCUT2D eigenvalue weighted by molar-refractivity contribution is 6.10. The second-order valence-corrected chi connectivity index (χ2v) is 13.5. The molecule has 0 radical (unpaired) electrons. The van der Waals surface area contributed by atoms with Gasteiger partial charge in [0.1, 0.15) is 17.1 Å². The number of hydrogen-bond donors (Lipinski definition) is 4. The number of aliphatic imine (C=N–C) groups is 1. The maximum Gasteiger partial charge on any atom is 0.249 e. The van der Waals surface area contributed by atoms with E-state index >= 15 is 0 Å². The van der Waals surface area contributed by atoms with Gasteiger partial charge in [-0.2, -0.15) is 0 Å². The minimum atomic E-state index is -0.0404. The Kier molecular flexibility index (Phi) is 10.3. The zero-order valence-corrected chi connectivity index (χ0v) is 30.3. The summed E-state index contributed by atoms with van der Waals surface area (Å²) in [5.74, 6) is 6.14. The zero-order chi connectivity index (χ0) is 35.4. The summed E-state index contributed by atoms with van der Waals surface area (Å²) in [7, 11) is 0. The number of benzene rings is 3. The molecule has 50 heavy (non-hydrogen) atoms. The van der Waals surface area contributed by atoms with Crippen LogP contribution in [0.5, 0.6) is 0 Å². The first-order chi connectivity index (χ1) is 24.2. The molecule has 6 N–H and O–H groups in total. The number of nitrogens with two attached hydrogens (primary N) is 2. The van der Waals surface area contributed by atoms with Gasteiger partial charge >= 0.3 is 0 Å². The van der Waals surface area contributed by atoms with Crippen LogP contribution in [0.1, 0.15) is 76.0 Å². The van der Waals surface area contributed by atoms with Crippen LogP contribution in [0.4, 0.5) is 28.4 Å². The highest BCUT2D eigenvalue weighted by Gasteiger charge is 2.31. The van der Waals surface area contributed by atoms with E-state index in [0.717, 1.165) is 99.0 Å². The minimum Gasteiger partial charge on any atom is -0.398 e. The molecule has 8 nitrogen and oxygen atoms in total. The predicted molar refractivity (Wildman–Crippen MR) is 211 cm³/mol. The van der Waals surface area contributed by atoms with Gasteiger partial charge in [-0.15, -0.1) is 0 Å². The van der Waals surface area contributed by atoms with Crippen LogP contribution in [0, 0.1) is 44.7 Å². The van der Waals surface area contributed by atoms with Crippen molar-refractivity contribution in [1.29, 1.82) is 0 Å². The van der Waals surface area contributed by atoms with E-state index in [4.69, 9.17) is 21.4 Å². The average Bonchev–Trinajstić information content (AvgIpc) is 3.08. The molecule has 0 saturated heterocycles. The van der Waals surface area contributed by atoms with Gasteiger partial charge in [-0.25, -0.2) is 9.98 Å². The number of rotatable bonds is 11. The van der Waals surface area contributed by atoms with Gasteiger partial charge in [0.2, 0.25) is 17.1 Å². The van der Waals surface area contributed by atoms with Gasteiger partial charge < -0.3 is 22.1 Å². The van der Waals surface area contributed by atoms with E-state index in [0.29, 0.717) is 0 Å². The molecule has 0 amide bonds. The summed E-state index contributed by atoms with van der Waals surface area (Å²) in [4.78, 5) is 12.0. The highest BCUT2D eigenvalue weighted by Crippen LogP contribution is 2.39. The lowest BCUT2D eigenvalue weighted by atomic mass is 9.94. The van der Waals surface area contributed by atoms with Crippen molar-refractivity contribution in [3.05, 3.63) is 76.5 Å². The molecule has 256 valence electrons. The molecule has 0 spiro atoms. The Bertz CT molecular complexity index is 2180. The predicted octanol–water partition coefficient (Wildman–Crippen LogP) is 7.72.